The van der Waals surface area contributed by atoms with E-state index >= 15 is 0 Å². The number of fused-ring (bicyclic) bond motifs is 1. The summed E-state index contributed by atoms with van der Waals surface area (Å²) in [5, 5.41) is 11.0. The summed E-state index contributed by atoms with van der Waals surface area (Å²) in [4.78, 5) is 19.7. The van der Waals surface area contributed by atoms with Gasteiger partial charge in [0.05, 0.1) is 20.2 Å². The van der Waals surface area contributed by atoms with Crippen molar-refractivity contribution < 1.29 is 9.53 Å². The molecule has 1 aliphatic carbocycles. The van der Waals surface area contributed by atoms with E-state index < -0.39 is 0 Å². The summed E-state index contributed by atoms with van der Waals surface area (Å²) in [6.07, 6.45) is 4.84. The van der Waals surface area contributed by atoms with Crippen molar-refractivity contribution >= 4 is 17.2 Å². The van der Waals surface area contributed by atoms with Gasteiger partial charge in [-0.2, -0.15) is 5.10 Å². The lowest BCUT2D eigenvalue weighted by molar-refractivity contribution is 0.0943. The summed E-state index contributed by atoms with van der Waals surface area (Å²) in [6.45, 7) is 3.09. The Morgan fingerprint density at radius 3 is 3.00 bits per heavy atom. The third-order valence-corrected chi connectivity index (χ3v) is 6.41. The average Bonchev–Trinajstić information content (AvgIpc) is 3.29. The van der Waals surface area contributed by atoms with Crippen molar-refractivity contribution in [3.63, 3.8) is 0 Å². The molecule has 7 nitrogen and oxygen atoms in total. The number of amides is 1. The molecule has 1 amide bonds. The molecule has 1 N–H and O–H groups in total. The fourth-order valence-electron chi connectivity index (χ4n) is 3.94. The number of aromatic nitrogens is 3. The van der Waals surface area contributed by atoms with Crippen LogP contribution in [0.2, 0.25) is 0 Å². The minimum Gasteiger partial charge on any atom is -0.497 e. The minimum absolute atomic E-state index is 0.0470. The predicted octanol–water partition coefficient (Wildman–Crippen LogP) is 2.85. The van der Waals surface area contributed by atoms with Crippen molar-refractivity contribution in [2.75, 3.05) is 13.7 Å². The van der Waals surface area contributed by atoms with Crippen molar-refractivity contribution in [2.24, 2.45) is 0 Å². The molecule has 1 aliphatic heterocycles. The maximum absolute atomic E-state index is 12.9. The first kappa shape index (κ1) is 19.3. The quantitative estimate of drug-likeness (QED) is 0.633. The van der Waals surface area contributed by atoms with Gasteiger partial charge in [-0.3, -0.25) is 14.4 Å². The number of carbonyl (C=O) groups excluding carboxylic acids is 1. The van der Waals surface area contributed by atoms with Crippen LogP contribution in [0.4, 0.5) is 0 Å². The number of nitrogens with zero attached hydrogens (tertiary/aromatic N) is 4. The second kappa shape index (κ2) is 8.20. The fraction of sp³-hybridized carbons (Fsp3) is 0.409. The van der Waals surface area contributed by atoms with Crippen LogP contribution in [0, 0.1) is 0 Å². The number of benzene rings is 1. The molecule has 0 radical (unpaired) electrons. The molecule has 0 atom stereocenters. The summed E-state index contributed by atoms with van der Waals surface area (Å²) >= 11 is 1.67. The molecular formula is C22H25N5O2S. The molecule has 0 bridgehead atoms. The maximum atomic E-state index is 12.9. The van der Waals surface area contributed by atoms with Crippen molar-refractivity contribution in [1.29, 1.82) is 0 Å². The van der Waals surface area contributed by atoms with Gasteiger partial charge < -0.3 is 10.1 Å². The highest BCUT2D eigenvalue weighted by Gasteiger charge is 2.31. The number of thiazole rings is 1. The van der Waals surface area contributed by atoms with E-state index in [-0.39, 0.29) is 5.91 Å². The average molecular weight is 424 g/mol. The Balaban J connectivity index is 1.43. The van der Waals surface area contributed by atoms with Crippen molar-refractivity contribution in [3.05, 3.63) is 63.4 Å². The zero-order valence-electron chi connectivity index (χ0n) is 17.0. The van der Waals surface area contributed by atoms with E-state index in [1.165, 1.54) is 0 Å². The number of hydrogen-bond acceptors (Lipinski definition) is 6. The fourth-order valence-corrected chi connectivity index (χ4v) is 4.60. The highest BCUT2D eigenvalue weighted by molar-refractivity contribution is 7.09. The molecule has 8 heteroatoms. The predicted molar refractivity (Wildman–Crippen MR) is 115 cm³/mol. The van der Waals surface area contributed by atoms with E-state index in [0.29, 0.717) is 18.3 Å². The molecule has 2 aromatic heterocycles. The van der Waals surface area contributed by atoms with Crippen molar-refractivity contribution in [2.45, 2.75) is 44.9 Å². The Bertz CT molecular complexity index is 1040. The van der Waals surface area contributed by atoms with Crippen LogP contribution in [-0.2, 0) is 26.1 Å². The third kappa shape index (κ3) is 4.11. The van der Waals surface area contributed by atoms with Gasteiger partial charge in [0.15, 0.2) is 5.69 Å². The Morgan fingerprint density at radius 2 is 2.23 bits per heavy atom. The van der Waals surface area contributed by atoms with Gasteiger partial charge in [0.1, 0.15) is 10.8 Å². The van der Waals surface area contributed by atoms with Gasteiger partial charge in [0.2, 0.25) is 0 Å². The Morgan fingerprint density at radius 1 is 1.33 bits per heavy atom. The second-order valence-corrected chi connectivity index (χ2v) is 8.90. The van der Waals surface area contributed by atoms with E-state index in [4.69, 9.17) is 9.84 Å². The van der Waals surface area contributed by atoms with Gasteiger partial charge in [-0.1, -0.05) is 12.1 Å². The van der Waals surface area contributed by atoms with Gasteiger partial charge in [0, 0.05) is 48.4 Å². The standard InChI is InChI=1S/C22H25N5O2S/c1-29-17-4-2-3-15(11-17)12-27-19-7-9-26(14-20-23-8-10-30-20)13-18(19)21(25-27)22(28)24-16-5-6-16/h2-4,8,10-11,16H,5-7,9,12-14H2,1H3,(H,24,28). The molecule has 156 valence electrons. The second-order valence-electron chi connectivity index (χ2n) is 7.92. The number of ether oxygens (including phenoxy) is 1. The highest BCUT2D eigenvalue weighted by atomic mass is 32.1. The van der Waals surface area contributed by atoms with Crippen LogP contribution in [-0.4, -0.2) is 45.3 Å². The molecule has 5 rings (SSSR count). The van der Waals surface area contributed by atoms with E-state index in [2.05, 4.69) is 21.3 Å². The molecule has 0 unspecified atom stereocenters. The summed E-state index contributed by atoms with van der Waals surface area (Å²) in [5.41, 5.74) is 3.90. The van der Waals surface area contributed by atoms with Crippen LogP contribution in [0.5, 0.6) is 5.75 Å². The largest absolute Gasteiger partial charge is 0.497 e. The first-order valence-corrected chi connectivity index (χ1v) is 11.2. The summed E-state index contributed by atoms with van der Waals surface area (Å²) in [6, 6.07) is 8.33. The van der Waals surface area contributed by atoms with Crippen molar-refractivity contribution in [1.82, 2.24) is 25.0 Å². The van der Waals surface area contributed by atoms with Gasteiger partial charge in [-0.25, -0.2) is 4.98 Å². The zero-order chi connectivity index (χ0) is 20.5. The molecule has 3 aromatic rings. The number of rotatable bonds is 7. The van der Waals surface area contributed by atoms with E-state index in [1.807, 2.05) is 34.5 Å². The topological polar surface area (TPSA) is 72.3 Å². The summed E-state index contributed by atoms with van der Waals surface area (Å²) < 4.78 is 7.36. The highest BCUT2D eigenvalue weighted by Crippen LogP contribution is 2.27. The summed E-state index contributed by atoms with van der Waals surface area (Å²) in [7, 11) is 1.67. The Kier molecular flexibility index (Phi) is 5.26. The lowest BCUT2D eigenvalue weighted by Crippen LogP contribution is -2.32. The third-order valence-electron chi connectivity index (χ3n) is 5.65. The molecule has 0 saturated heterocycles. The van der Waals surface area contributed by atoms with Crippen LogP contribution in [0.3, 0.4) is 0 Å². The summed E-state index contributed by atoms with van der Waals surface area (Å²) in [5.74, 6) is 0.782. The van der Waals surface area contributed by atoms with Gasteiger partial charge >= 0.3 is 0 Å². The first-order valence-electron chi connectivity index (χ1n) is 10.3. The van der Waals surface area contributed by atoms with Crippen LogP contribution < -0.4 is 10.1 Å². The maximum Gasteiger partial charge on any atom is 0.272 e. The number of methoxy groups -OCH3 is 1. The molecule has 3 heterocycles. The number of hydrogen-bond donors (Lipinski definition) is 1. The minimum atomic E-state index is -0.0470. The normalized spacial score (nSPS) is 16.3. The molecule has 30 heavy (non-hydrogen) atoms. The Hall–Kier alpha value is -2.71. The monoisotopic (exact) mass is 423 g/mol. The Labute approximate surface area is 179 Å². The molecule has 1 aromatic carbocycles. The van der Waals surface area contributed by atoms with E-state index in [1.54, 1.807) is 18.4 Å². The van der Waals surface area contributed by atoms with Crippen LogP contribution >= 0.6 is 11.3 Å². The lowest BCUT2D eigenvalue weighted by Gasteiger charge is -2.27. The number of nitrogens with one attached hydrogen (secondary N) is 1. The van der Waals surface area contributed by atoms with Gasteiger partial charge in [-0.05, 0) is 30.5 Å². The first-order chi connectivity index (χ1) is 14.7. The van der Waals surface area contributed by atoms with Gasteiger partial charge in [0.25, 0.3) is 5.91 Å². The van der Waals surface area contributed by atoms with Gasteiger partial charge in [-0.15, -0.1) is 11.3 Å². The molecule has 2 aliphatic rings. The lowest BCUT2D eigenvalue weighted by atomic mass is 10.0. The smallest absolute Gasteiger partial charge is 0.272 e. The van der Waals surface area contributed by atoms with E-state index in [0.717, 1.165) is 66.5 Å². The molecular weight excluding hydrogens is 398 g/mol. The molecule has 1 fully saturated rings. The molecule has 1 saturated carbocycles. The van der Waals surface area contributed by atoms with Crippen LogP contribution in [0.1, 0.15) is 45.2 Å². The molecule has 0 spiro atoms. The van der Waals surface area contributed by atoms with Crippen LogP contribution in [0.15, 0.2) is 35.8 Å². The number of carbonyl (C=O) groups is 1. The van der Waals surface area contributed by atoms with Crippen molar-refractivity contribution in [3.8, 4) is 5.75 Å². The SMILES string of the molecule is COc1cccc(Cn2nc(C(=O)NC3CC3)c3c2CCN(Cc2nccs2)C3)c1. The van der Waals surface area contributed by atoms with Crippen LogP contribution in [0.25, 0.3) is 0 Å². The van der Waals surface area contributed by atoms with E-state index in [9.17, 15) is 4.79 Å². The zero-order valence-corrected chi connectivity index (χ0v) is 17.8.